The van der Waals surface area contributed by atoms with Gasteiger partial charge in [-0.15, -0.1) is 0 Å². The fourth-order valence-electron chi connectivity index (χ4n) is 1.37. The Morgan fingerprint density at radius 3 is 2.79 bits per heavy atom. The molecule has 19 heavy (non-hydrogen) atoms. The average molecular weight is 264 g/mol. The number of nitro groups is 1. The van der Waals surface area contributed by atoms with E-state index < -0.39 is 16.4 Å². The molecule has 0 aliphatic heterocycles. The van der Waals surface area contributed by atoms with Crippen molar-refractivity contribution in [2.24, 2.45) is 0 Å². The van der Waals surface area contributed by atoms with Crippen LogP contribution in [0, 0.1) is 22.9 Å². The molecular weight excluding hydrogens is 255 g/mol. The number of rotatable bonds is 3. The third kappa shape index (κ3) is 2.57. The van der Waals surface area contributed by atoms with Gasteiger partial charge in [0.25, 0.3) is 0 Å². The summed E-state index contributed by atoms with van der Waals surface area (Å²) >= 11 is 0. The van der Waals surface area contributed by atoms with Crippen LogP contribution in [-0.4, -0.2) is 14.9 Å². The molecule has 2 rings (SSSR count). The minimum atomic E-state index is -0.755. The van der Waals surface area contributed by atoms with Crippen LogP contribution in [0.4, 0.5) is 15.9 Å². The fourth-order valence-corrected chi connectivity index (χ4v) is 1.37. The summed E-state index contributed by atoms with van der Waals surface area (Å²) in [5.41, 5.74) is 5.27. The molecule has 2 aromatic rings. The average Bonchev–Trinajstić information content (AvgIpc) is 2.33. The summed E-state index contributed by atoms with van der Waals surface area (Å²) in [6.45, 7) is 1.59. The maximum atomic E-state index is 13.3. The molecule has 0 aliphatic carbocycles. The van der Waals surface area contributed by atoms with E-state index in [1.165, 1.54) is 12.1 Å². The molecule has 0 aliphatic rings. The number of benzene rings is 1. The third-order valence-corrected chi connectivity index (χ3v) is 2.36. The van der Waals surface area contributed by atoms with Crippen molar-refractivity contribution >= 4 is 11.5 Å². The normalized spacial score (nSPS) is 10.2. The van der Waals surface area contributed by atoms with E-state index in [1.807, 2.05) is 0 Å². The van der Waals surface area contributed by atoms with Crippen molar-refractivity contribution in [1.29, 1.82) is 0 Å². The Balaban J connectivity index is 2.40. The van der Waals surface area contributed by atoms with Gasteiger partial charge in [0, 0.05) is 6.07 Å². The lowest BCUT2D eigenvalue weighted by Crippen LogP contribution is -2.02. The second-order valence-corrected chi connectivity index (χ2v) is 3.68. The molecule has 0 fully saturated rings. The van der Waals surface area contributed by atoms with Crippen molar-refractivity contribution in [3.8, 4) is 11.6 Å². The lowest BCUT2D eigenvalue weighted by atomic mass is 10.2. The van der Waals surface area contributed by atoms with Gasteiger partial charge in [0.15, 0.2) is 0 Å². The molecule has 0 atom stereocenters. The first-order chi connectivity index (χ1) is 8.99. The molecule has 1 heterocycles. The van der Waals surface area contributed by atoms with Crippen LogP contribution in [0.2, 0.25) is 0 Å². The summed E-state index contributed by atoms with van der Waals surface area (Å²) in [6, 6.07) is 4.07. The molecule has 0 radical (unpaired) electrons. The van der Waals surface area contributed by atoms with E-state index in [9.17, 15) is 14.5 Å². The van der Waals surface area contributed by atoms with Crippen molar-refractivity contribution in [1.82, 2.24) is 9.97 Å². The van der Waals surface area contributed by atoms with Gasteiger partial charge in [-0.05, 0) is 18.6 Å². The number of nitrogen functional groups attached to an aromatic ring is 1. The zero-order valence-electron chi connectivity index (χ0n) is 9.83. The fraction of sp³-hybridized carbons (Fsp3) is 0.0909. The Morgan fingerprint density at radius 2 is 2.16 bits per heavy atom. The van der Waals surface area contributed by atoms with Gasteiger partial charge in [0.1, 0.15) is 17.9 Å². The Bertz CT molecular complexity index is 648. The van der Waals surface area contributed by atoms with Crippen LogP contribution >= 0.6 is 0 Å². The molecule has 0 amide bonds. The highest BCUT2D eigenvalue weighted by Crippen LogP contribution is 2.32. The highest BCUT2D eigenvalue weighted by Gasteiger charge is 2.23. The molecule has 98 valence electrons. The number of nitrogens with zero attached hydrogens (tertiary/aromatic N) is 3. The van der Waals surface area contributed by atoms with E-state index in [4.69, 9.17) is 10.5 Å². The smallest absolute Gasteiger partial charge is 0.372 e. The quantitative estimate of drug-likeness (QED) is 0.673. The first-order valence-corrected chi connectivity index (χ1v) is 5.18. The Kier molecular flexibility index (Phi) is 3.23. The lowest BCUT2D eigenvalue weighted by Gasteiger charge is -2.06. The molecular formula is C11H9FN4O3. The van der Waals surface area contributed by atoms with Crippen molar-refractivity contribution in [3.05, 3.63) is 46.0 Å². The maximum Gasteiger partial charge on any atom is 0.372 e. The predicted molar refractivity (Wildman–Crippen MR) is 64.3 cm³/mol. The molecule has 8 heteroatoms. The van der Waals surface area contributed by atoms with Crippen LogP contribution in [0.3, 0.4) is 0 Å². The summed E-state index contributed by atoms with van der Waals surface area (Å²) < 4.78 is 18.5. The molecule has 7 nitrogen and oxygen atoms in total. The number of hydrogen-bond donors (Lipinski definition) is 1. The highest BCUT2D eigenvalue weighted by molar-refractivity contribution is 5.58. The second kappa shape index (κ2) is 4.84. The van der Waals surface area contributed by atoms with E-state index in [2.05, 4.69) is 9.97 Å². The highest BCUT2D eigenvalue weighted by atomic mass is 19.1. The first-order valence-electron chi connectivity index (χ1n) is 5.18. The van der Waals surface area contributed by atoms with Gasteiger partial charge < -0.3 is 10.5 Å². The van der Waals surface area contributed by atoms with Crippen LogP contribution in [0.15, 0.2) is 24.5 Å². The zero-order valence-corrected chi connectivity index (χ0v) is 9.83. The molecule has 0 bridgehead atoms. The van der Waals surface area contributed by atoms with E-state index >= 15 is 0 Å². The van der Waals surface area contributed by atoms with Crippen molar-refractivity contribution in [2.75, 3.05) is 5.73 Å². The van der Waals surface area contributed by atoms with Crippen LogP contribution in [-0.2, 0) is 0 Å². The van der Waals surface area contributed by atoms with Gasteiger partial charge in [0.2, 0.25) is 5.82 Å². The molecule has 1 aromatic carbocycles. The van der Waals surface area contributed by atoms with Crippen LogP contribution < -0.4 is 10.5 Å². The Morgan fingerprint density at radius 1 is 1.42 bits per heavy atom. The number of nitrogens with two attached hydrogens (primary N) is 1. The molecule has 0 unspecified atom stereocenters. The Labute approximate surface area is 107 Å². The Hall–Kier alpha value is -2.77. The third-order valence-electron chi connectivity index (χ3n) is 2.36. The lowest BCUT2D eigenvalue weighted by molar-refractivity contribution is -0.385. The summed E-state index contributed by atoms with van der Waals surface area (Å²) in [6.07, 6.45) is 1.03. The number of ether oxygens (including phenoxy) is 1. The summed E-state index contributed by atoms with van der Waals surface area (Å²) in [7, 11) is 0. The minimum Gasteiger partial charge on any atom is -0.433 e. The van der Waals surface area contributed by atoms with Gasteiger partial charge in [-0.1, -0.05) is 6.07 Å². The molecule has 2 N–H and O–H groups in total. The predicted octanol–water partition coefficient (Wildman–Crippen LogP) is 2.21. The molecule has 0 saturated carbocycles. The SMILES string of the molecule is Cc1ccc(Oc2ncnc(N)c2[N+](=O)[O-])cc1F. The van der Waals surface area contributed by atoms with Gasteiger partial charge in [0.05, 0.1) is 4.92 Å². The number of anilines is 1. The number of aromatic nitrogens is 2. The van der Waals surface area contributed by atoms with Crippen LogP contribution in [0.25, 0.3) is 0 Å². The molecule has 1 aromatic heterocycles. The van der Waals surface area contributed by atoms with Crippen LogP contribution in [0.1, 0.15) is 5.56 Å². The second-order valence-electron chi connectivity index (χ2n) is 3.68. The number of aryl methyl sites for hydroxylation is 1. The molecule has 0 spiro atoms. The van der Waals surface area contributed by atoms with E-state index in [1.54, 1.807) is 6.92 Å². The van der Waals surface area contributed by atoms with Crippen molar-refractivity contribution < 1.29 is 14.1 Å². The standard InChI is InChI=1S/C11H9FN4O3/c1-6-2-3-7(4-8(6)12)19-11-9(16(17)18)10(13)14-5-15-11/h2-5H,1H3,(H2,13,14,15). The van der Waals surface area contributed by atoms with Crippen molar-refractivity contribution in [3.63, 3.8) is 0 Å². The zero-order chi connectivity index (χ0) is 14.0. The van der Waals surface area contributed by atoms with Gasteiger partial charge >= 0.3 is 11.6 Å². The maximum absolute atomic E-state index is 13.3. The number of hydrogen-bond acceptors (Lipinski definition) is 6. The number of halogens is 1. The summed E-state index contributed by atoms with van der Waals surface area (Å²) in [4.78, 5) is 17.2. The largest absolute Gasteiger partial charge is 0.433 e. The monoisotopic (exact) mass is 264 g/mol. The van der Waals surface area contributed by atoms with Gasteiger partial charge in [-0.25, -0.2) is 9.37 Å². The van der Waals surface area contributed by atoms with Gasteiger partial charge in [-0.3, -0.25) is 10.1 Å². The van der Waals surface area contributed by atoms with Gasteiger partial charge in [-0.2, -0.15) is 4.98 Å². The van der Waals surface area contributed by atoms with Crippen molar-refractivity contribution in [2.45, 2.75) is 6.92 Å². The first kappa shape index (κ1) is 12.7. The van der Waals surface area contributed by atoms with Crippen LogP contribution in [0.5, 0.6) is 11.6 Å². The van der Waals surface area contributed by atoms with E-state index in [0.29, 0.717) is 5.56 Å². The molecule has 0 saturated heterocycles. The van der Waals surface area contributed by atoms with E-state index in [0.717, 1.165) is 12.4 Å². The summed E-state index contributed by atoms with van der Waals surface area (Å²) in [5, 5.41) is 10.8. The topological polar surface area (TPSA) is 104 Å². The summed E-state index contributed by atoms with van der Waals surface area (Å²) in [5.74, 6) is -1.05. The minimum absolute atomic E-state index is 0.0873. The van der Waals surface area contributed by atoms with E-state index in [-0.39, 0.29) is 17.4 Å².